The first kappa shape index (κ1) is 15.0. The quantitative estimate of drug-likeness (QED) is 0.925. The molecule has 0 amide bonds. The number of rotatable bonds is 4. The van der Waals surface area contributed by atoms with Crippen molar-refractivity contribution in [2.75, 3.05) is 19.6 Å². The molecule has 0 spiro atoms. The first-order valence-corrected chi connectivity index (χ1v) is 8.21. The van der Waals surface area contributed by atoms with Gasteiger partial charge in [0, 0.05) is 25.7 Å². The highest BCUT2D eigenvalue weighted by molar-refractivity contribution is 5.36. The van der Waals surface area contributed by atoms with E-state index in [2.05, 4.69) is 49.9 Å². The Morgan fingerprint density at radius 1 is 1.33 bits per heavy atom. The molecule has 1 aliphatic heterocycles. The van der Waals surface area contributed by atoms with Gasteiger partial charge in [-0.3, -0.25) is 4.90 Å². The van der Waals surface area contributed by atoms with E-state index in [9.17, 15) is 0 Å². The van der Waals surface area contributed by atoms with Crippen LogP contribution in [0.3, 0.4) is 0 Å². The van der Waals surface area contributed by atoms with Crippen LogP contribution in [0.25, 0.3) is 0 Å². The molecule has 2 N–H and O–H groups in total. The molecule has 1 saturated carbocycles. The lowest BCUT2D eigenvalue weighted by molar-refractivity contribution is -0.137. The Labute approximate surface area is 128 Å². The number of benzene rings is 1. The van der Waals surface area contributed by atoms with Crippen molar-refractivity contribution in [2.45, 2.75) is 57.3 Å². The lowest BCUT2D eigenvalue weighted by atomic mass is 9.94. The smallest absolute Gasteiger partial charge is 0.0757 e. The highest BCUT2D eigenvalue weighted by Gasteiger charge is 2.36. The van der Waals surface area contributed by atoms with Crippen LogP contribution in [0.2, 0.25) is 0 Å². The fourth-order valence-corrected chi connectivity index (χ4v) is 3.79. The van der Waals surface area contributed by atoms with Crippen LogP contribution < -0.4 is 5.73 Å². The lowest BCUT2D eigenvalue weighted by Gasteiger charge is -2.45. The van der Waals surface area contributed by atoms with Crippen molar-refractivity contribution in [3.05, 3.63) is 35.4 Å². The summed E-state index contributed by atoms with van der Waals surface area (Å²) >= 11 is 0. The van der Waals surface area contributed by atoms with Crippen molar-refractivity contribution >= 4 is 0 Å². The van der Waals surface area contributed by atoms with E-state index in [1.807, 2.05) is 0 Å². The van der Waals surface area contributed by atoms with Gasteiger partial charge in [-0.25, -0.2) is 0 Å². The molecule has 1 heterocycles. The van der Waals surface area contributed by atoms with Crippen molar-refractivity contribution in [2.24, 2.45) is 5.73 Å². The van der Waals surface area contributed by atoms with E-state index in [1.54, 1.807) is 0 Å². The first-order chi connectivity index (χ1) is 10.00. The van der Waals surface area contributed by atoms with Gasteiger partial charge < -0.3 is 10.5 Å². The Bertz CT molecular complexity index is 496. The maximum atomic E-state index is 6.18. The Morgan fingerprint density at radius 2 is 2.05 bits per heavy atom. The molecule has 21 heavy (non-hydrogen) atoms. The summed E-state index contributed by atoms with van der Waals surface area (Å²) < 4.78 is 6.04. The molecule has 1 aromatic carbocycles. The maximum Gasteiger partial charge on any atom is 0.0757 e. The monoisotopic (exact) mass is 288 g/mol. The topological polar surface area (TPSA) is 38.5 Å². The van der Waals surface area contributed by atoms with Gasteiger partial charge >= 0.3 is 0 Å². The first-order valence-electron chi connectivity index (χ1n) is 8.21. The predicted molar refractivity (Wildman–Crippen MR) is 86.4 cm³/mol. The maximum absolute atomic E-state index is 6.18. The Morgan fingerprint density at radius 3 is 2.67 bits per heavy atom. The normalized spacial score (nSPS) is 27.5. The molecule has 0 bridgehead atoms. The Kier molecular flexibility index (Phi) is 4.08. The molecule has 0 radical (unpaired) electrons. The summed E-state index contributed by atoms with van der Waals surface area (Å²) in [4.78, 5) is 2.52. The number of morpholine rings is 1. The Balaban J connectivity index is 1.88. The van der Waals surface area contributed by atoms with Crippen LogP contribution in [0.5, 0.6) is 0 Å². The zero-order valence-electron chi connectivity index (χ0n) is 13.5. The van der Waals surface area contributed by atoms with E-state index in [0.717, 1.165) is 19.0 Å². The van der Waals surface area contributed by atoms with E-state index < -0.39 is 0 Å². The molecule has 3 nitrogen and oxygen atoms in total. The summed E-state index contributed by atoms with van der Waals surface area (Å²) in [5, 5.41) is 0. The highest BCUT2D eigenvalue weighted by atomic mass is 16.5. The van der Waals surface area contributed by atoms with Crippen LogP contribution in [-0.2, 0) is 4.74 Å². The summed E-state index contributed by atoms with van der Waals surface area (Å²) in [7, 11) is 0. The highest BCUT2D eigenvalue weighted by Crippen LogP contribution is 2.44. The van der Waals surface area contributed by atoms with Crippen molar-refractivity contribution < 1.29 is 4.74 Å². The van der Waals surface area contributed by atoms with Gasteiger partial charge in [-0.2, -0.15) is 0 Å². The molecular formula is C18H28N2O. The minimum Gasteiger partial charge on any atom is -0.370 e. The second kappa shape index (κ2) is 5.71. The van der Waals surface area contributed by atoms with Crippen LogP contribution in [-0.4, -0.2) is 36.2 Å². The van der Waals surface area contributed by atoms with Crippen molar-refractivity contribution in [1.29, 1.82) is 0 Å². The molecule has 2 unspecified atom stereocenters. The summed E-state index contributed by atoms with van der Waals surface area (Å²) in [6, 6.07) is 9.20. The fraction of sp³-hybridized carbons (Fsp3) is 0.667. The van der Waals surface area contributed by atoms with Crippen molar-refractivity contribution in [3.63, 3.8) is 0 Å². The molecule has 2 aliphatic rings. The molecule has 3 rings (SSSR count). The molecule has 1 aromatic rings. The molecule has 0 aromatic heterocycles. The SMILES string of the molecule is CC1CN(C(CN)c2ccccc2C2CC2)CC(C)(C)O1. The van der Waals surface area contributed by atoms with Crippen molar-refractivity contribution in [1.82, 2.24) is 4.90 Å². The van der Waals surface area contributed by atoms with Gasteiger partial charge in [0.1, 0.15) is 0 Å². The van der Waals surface area contributed by atoms with Crippen LogP contribution >= 0.6 is 0 Å². The van der Waals surface area contributed by atoms with Crippen LogP contribution in [0.4, 0.5) is 0 Å². The van der Waals surface area contributed by atoms with E-state index in [4.69, 9.17) is 10.5 Å². The predicted octanol–water partition coefficient (Wildman–Crippen LogP) is 3.06. The second-order valence-electron chi connectivity index (χ2n) is 7.27. The summed E-state index contributed by atoms with van der Waals surface area (Å²) in [5.41, 5.74) is 9.03. The minimum atomic E-state index is -0.0976. The number of ether oxygens (including phenoxy) is 1. The van der Waals surface area contributed by atoms with E-state index in [-0.39, 0.29) is 11.7 Å². The number of hydrogen-bond acceptors (Lipinski definition) is 3. The average molecular weight is 288 g/mol. The summed E-state index contributed by atoms with van der Waals surface area (Å²) in [6.07, 6.45) is 2.93. The molecule has 116 valence electrons. The molecule has 2 atom stereocenters. The molecule has 2 fully saturated rings. The van der Waals surface area contributed by atoms with Crippen LogP contribution in [0.15, 0.2) is 24.3 Å². The Hall–Kier alpha value is -0.900. The van der Waals surface area contributed by atoms with Gasteiger partial charge in [0.05, 0.1) is 11.7 Å². The molecule has 1 saturated heterocycles. The van der Waals surface area contributed by atoms with Gasteiger partial charge in [0.15, 0.2) is 0 Å². The summed E-state index contributed by atoms with van der Waals surface area (Å²) in [6.45, 7) is 9.09. The third-order valence-corrected chi connectivity index (χ3v) is 4.63. The minimum absolute atomic E-state index is 0.0976. The standard InChI is InChI=1S/C18H28N2O/c1-13-11-20(12-18(2,3)21-13)17(10-19)16-7-5-4-6-15(16)14-8-9-14/h4-7,13-14,17H,8-12,19H2,1-3H3. The van der Waals surface area contributed by atoms with Gasteiger partial charge in [-0.15, -0.1) is 0 Å². The second-order valence-corrected chi connectivity index (χ2v) is 7.27. The van der Waals surface area contributed by atoms with Gasteiger partial charge in [0.25, 0.3) is 0 Å². The van der Waals surface area contributed by atoms with E-state index >= 15 is 0 Å². The van der Waals surface area contributed by atoms with Gasteiger partial charge in [-0.1, -0.05) is 24.3 Å². The molecule has 1 aliphatic carbocycles. The number of nitrogens with zero attached hydrogens (tertiary/aromatic N) is 1. The van der Waals surface area contributed by atoms with Crippen molar-refractivity contribution in [3.8, 4) is 0 Å². The zero-order chi connectivity index (χ0) is 15.0. The largest absolute Gasteiger partial charge is 0.370 e. The third-order valence-electron chi connectivity index (χ3n) is 4.63. The van der Waals surface area contributed by atoms with Crippen LogP contribution in [0.1, 0.15) is 56.7 Å². The van der Waals surface area contributed by atoms with E-state index in [1.165, 1.54) is 24.0 Å². The number of hydrogen-bond donors (Lipinski definition) is 1. The third kappa shape index (κ3) is 3.31. The number of nitrogens with two attached hydrogens (primary N) is 1. The molecular weight excluding hydrogens is 260 g/mol. The average Bonchev–Trinajstić information content (AvgIpc) is 3.22. The van der Waals surface area contributed by atoms with Gasteiger partial charge in [-0.05, 0) is 50.7 Å². The lowest BCUT2D eigenvalue weighted by Crippen LogP contribution is -2.54. The van der Waals surface area contributed by atoms with Gasteiger partial charge in [0.2, 0.25) is 0 Å². The zero-order valence-corrected chi connectivity index (χ0v) is 13.5. The van der Waals surface area contributed by atoms with Crippen LogP contribution in [0, 0.1) is 0 Å². The van der Waals surface area contributed by atoms with E-state index in [0.29, 0.717) is 12.6 Å². The molecule has 3 heteroatoms. The fourth-order valence-electron chi connectivity index (χ4n) is 3.79. The summed E-state index contributed by atoms with van der Waals surface area (Å²) in [5.74, 6) is 0.765.